The van der Waals surface area contributed by atoms with Crippen molar-refractivity contribution in [3.05, 3.63) is 76.9 Å². The second-order valence-corrected chi connectivity index (χ2v) is 9.72. The van der Waals surface area contributed by atoms with Crippen molar-refractivity contribution in [2.75, 3.05) is 54.5 Å². The predicted molar refractivity (Wildman–Crippen MR) is 150 cm³/mol. The Morgan fingerprint density at radius 1 is 1.12 bits per heavy atom. The number of pyridine rings is 2. The number of hydrazine groups is 1. The lowest BCUT2D eigenvalue weighted by molar-refractivity contribution is -0.138. The number of likely N-dealkylation sites (N-methyl/N-ethyl adjacent to an activating group) is 1. The number of halogens is 3. The molecule has 0 unspecified atom stereocenters. The van der Waals surface area contributed by atoms with E-state index in [-0.39, 0.29) is 29.1 Å². The molecule has 0 spiro atoms. The van der Waals surface area contributed by atoms with E-state index in [0.29, 0.717) is 35.7 Å². The fourth-order valence-electron chi connectivity index (χ4n) is 4.73. The van der Waals surface area contributed by atoms with E-state index in [2.05, 4.69) is 27.1 Å². The van der Waals surface area contributed by atoms with E-state index < -0.39 is 17.6 Å². The molecule has 4 N–H and O–H groups in total. The number of hydrogen-bond donors (Lipinski definition) is 3. The number of hydrogen-bond acceptors (Lipinski definition) is 8. The number of rotatable bonds is 8. The summed E-state index contributed by atoms with van der Waals surface area (Å²) in [5.74, 6) is 5.61. The molecule has 12 heteroatoms. The average Bonchev–Trinajstić information content (AvgIpc) is 2.94. The number of nitrogens with one attached hydrogen (secondary N) is 2. The number of piperazine rings is 1. The molecule has 1 aromatic carbocycles. The maximum absolute atomic E-state index is 14.0. The lowest BCUT2D eigenvalue weighted by Crippen LogP contribution is -2.46. The summed E-state index contributed by atoms with van der Waals surface area (Å²) in [5.41, 5.74) is 1.72. The smallest absolute Gasteiger partial charge is 0.369 e. The third-order valence-electron chi connectivity index (χ3n) is 7.07. The number of alkyl halides is 3. The van der Waals surface area contributed by atoms with Gasteiger partial charge in [0.05, 0.1) is 34.8 Å². The first-order valence-electron chi connectivity index (χ1n) is 12.9. The minimum atomic E-state index is -4.58. The highest BCUT2D eigenvalue weighted by Gasteiger charge is 2.35. The predicted octanol–water partition coefficient (Wildman–Crippen LogP) is 4.25. The van der Waals surface area contributed by atoms with Gasteiger partial charge >= 0.3 is 6.18 Å². The molecule has 9 nitrogen and oxygen atoms in total. The van der Waals surface area contributed by atoms with E-state index >= 15 is 0 Å². The third-order valence-corrected chi connectivity index (χ3v) is 7.07. The van der Waals surface area contributed by atoms with Gasteiger partial charge < -0.3 is 25.5 Å². The summed E-state index contributed by atoms with van der Waals surface area (Å²) in [7, 11) is 0. The zero-order valence-electron chi connectivity index (χ0n) is 22.7. The van der Waals surface area contributed by atoms with Gasteiger partial charge in [-0.05, 0) is 50.2 Å². The summed E-state index contributed by atoms with van der Waals surface area (Å²) in [5, 5.41) is 12.2. The number of amides is 1. The van der Waals surface area contributed by atoms with Crippen molar-refractivity contribution in [1.82, 2.24) is 14.9 Å². The van der Waals surface area contributed by atoms with Crippen LogP contribution in [0.1, 0.15) is 39.7 Å². The number of carbonyl (C=O) groups excluding carboxylic acids is 1. The Morgan fingerprint density at radius 3 is 2.48 bits per heavy atom. The van der Waals surface area contributed by atoms with Gasteiger partial charge in [-0.1, -0.05) is 13.0 Å². The van der Waals surface area contributed by atoms with Crippen LogP contribution in [0.25, 0.3) is 0 Å². The molecule has 0 bridgehead atoms. The van der Waals surface area contributed by atoms with Crippen LogP contribution in [0.15, 0.2) is 48.9 Å². The Kier molecular flexibility index (Phi) is 8.70. The van der Waals surface area contributed by atoms with E-state index in [1.54, 1.807) is 37.5 Å². The quantitative estimate of drug-likeness (QED) is 0.217. The van der Waals surface area contributed by atoms with Crippen LogP contribution >= 0.6 is 0 Å². The van der Waals surface area contributed by atoms with Crippen LogP contribution in [0.4, 0.5) is 30.2 Å². The number of nitrogens with two attached hydrogens (primary N) is 1. The molecular weight excluding hydrogens is 521 g/mol. The van der Waals surface area contributed by atoms with Crippen LogP contribution in [0.5, 0.6) is 0 Å². The Balaban J connectivity index is 1.58. The van der Waals surface area contributed by atoms with Crippen LogP contribution in [-0.4, -0.2) is 65.8 Å². The van der Waals surface area contributed by atoms with Crippen LogP contribution < -0.4 is 21.1 Å². The maximum atomic E-state index is 14.0. The second kappa shape index (κ2) is 12.0. The summed E-state index contributed by atoms with van der Waals surface area (Å²) < 4.78 is 41.9. The van der Waals surface area contributed by atoms with Gasteiger partial charge in [0, 0.05) is 61.7 Å². The molecule has 0 aliphatic carbocycles. The van der Waals surface area contributed by atoms with Crippen molar-refractivity contribution in [1.29, 1.82) is 5.41 Å². The molecule has 212 valence electrons. The Morgan fingerprint density at radius 2 is 1.85 bits per heavy atom. The number of benzene rings is 1. The minimum absolute atomic E-state index is 0.0286. The highest BCUT2D eigenvalue weighted by atomic mass is 19.4. The van der Waals surface area contributed by atoms with Gasteiger partial charge in [0.15, 0.2) is 0 Å². The first-order chi connectivity index (χ1) is 19.0. The number of nitrogens with zero attached hydrogens (tertiary/aromatic N) is 5. The molecule has 1 fully saturated rings. The molecule has 1 aliphatic rings. The van der Waals surface area contributed by atoms with Crippen molar-refractivity contribution in [3.63, 3.8) is 0 Å². The molecule has 1 amide bonds. The van der Waals surface area contributed by atoms with Gasteiger partial charge in [0.25, 0.3) is 5.91 Å². The zero-order valence-corrected chi connectivity index (χ0v) is 22.7. The standard InChI is InChI=1S/C28H33F3N8O/c1-4-37-8-10-38(11-9-37)25-14-22(13-23(18(25)2)28(29,30)31)36-27(40)21-12-26(19(3)35-16-21)39(33)17-24(32)20-6-5-7-34-15-20/h5-7,12-16,32H,4,8-11,17,33H2,1-3H3,(H,36,40). The van der Waals surface area contributed by atoms with E-state index in [0.717, 1.165) is 25.7 Å². The minimum Gasteiger partial charge on any atom is -0.369 e. The van der Waals surface area contributed by atoms with Crippen molar-refractivity contribution < 1.29 is 18.0 Å². The zero-order chi connectivity index (χ0) is 29.0. The molecule has 2 aromatic heterocycles. The molecule has 3 heterocycles. The van der Waals surface area contributed by atoms with Crippen LogP contribution in [0.3, 0.4) is 0 Å². The SMILES string of the molecule is CCN1CCN(c2cc(NC(=O)c3cnc(C)c(N(N)CC(=N)c4cccnc4)c3)cc(C(F)(F)F)c2C)CC1. The van der Waals surface area contributed by atoms with Crippen LogP contribution in [0, 0.1) is 19.3 Å². The molecule has 0 radical (unpaired) electrons. The van der Waals surface area contributed by atoms with Crippen molar-refractivity contribution in [2.45, 2.75) is 26.9 Å². The molecule has 3 aromatic rings. The summed E-state index contributed by atoms with van der Waals surface area (Å²) in [6.45, 7) is 8.83. The van der Waals surface area contributed by atoms with Crippen LogP contribution in [-0.2, 0) is 6.18 Å². The molecule has 0 atom stereocenters. The topological polar surface area (TPSA) is 114 Å². The van der Waals surface area contributed by atoms with E-state index in [1.165, 1.54) is 24.2 Å². The van der Waals surface area contributed by atoms with E-state index in [4.69, 9.17) is 11.3 Å². The highest BCUT2D eigenvalue weighted by Crippen LogP contribution is 2.39. The van der Waals surface area contributed by atoms with Gasteiger partial charge in [-0.3, -0.25) is 14.8 Å². The number of carbonyl (C=O) groups is 1. The Hall–Kier alpha value is -4.03. The van der Waals surface area contributed by atoms with E-state index in [1.807, 2.05) is 4.90 Å². The average molecular weight is 555 g/mol. The van der Waals surface area contributed by atoms with Crippen molar-refractivity contribution in [3.8, 4) is 0 Å². The number of anilines is 3. The monoisotopic (exact) mass is 554 g/mol. The number of aryl methyl sites for hydroxylation is 1. The number of aromatic nitrogens is 2. The molecule has 0 saturated carbocycles. The van der Waals surface area contributed by atoms with Crippen molar-refractivity contribution in [2.24, 2.45) is 5.84 Å². The highest BCUT2D eigenvalue weighted by molar-refractivity contribution is 6.05. The van der Waals surface area contributed by atoms with Gasteiger partial charge in [0.2, 0.25) is 0 Å². The van der Waals surface area contributed by atoms with Crippen LogP contribution in [0.2, 0.25) is 0 Å². The maximum Gasteiger partial charge on any atom is 0.416 e. The summed E-state index contributed by atoms with van der Waals surface area (Å²) in [6.07, 6.45) is -0.0749. The molecule has 1 aliphatic heterocycles. The van der Waals surface area contributed by atoms with Gasteiger partial charge in [0.1, 0.15) is 0 Å². The Bertz CT molecular complexity index is 1370. The summed E-state index contributed by atoms with van der Waals surface area (Å²) in [6, 6.07) is 7.53. The van der Waals surface area contributed by atoms with E-state index in [9.17, 15) is 18.0 Å². The Labute approximate surface area is 231 Å². The fraction of sp³-hybridized carbons (Fsp3) is 0.357. The normalized spacial score (nSPS) is 14.2. The van der Waals surface area contributed by atoms with Crippen molar-refractivity contribution >= 4 is 28.7 Å². The molecule has 4 rings (SSSR count). The first-order valence-corrected chi connectivity index (χ1v) is 12.9. The van der Waals surface area contributed by atoms with Gasteiger partial charge in [-0.25, -0.2) is 5.84 Å². The molecule has 40 heavy (non-hydrogen) atoms. The first kappa shape index (κ1) is 29.0. The summed E-state index contributed by atoms with van der Waals surface area (Å²) >= 11 is 0. The fourth-order valence-corrected chi connectivity index (χ4v) is 4.73. The second-order valence-electron chi connectivity index (χ2n) is 9.72. The van der Waals surface area contributed by atoms with Gasteiger partial charge in [-0.15, -0.1) is 0 Å². The molecular formula is C28H33F3N8O. The third kappa shape index (κ3) is 6.57. The van der Waals surface area contributed by atoms with Gasteiger partial charge in [-0.2, -0.15) is 13.2 Å². The lowest BCUT2D eigenvalue weighted by Gasteiger charge is -2.37. The summed E-state index contributed by atoms with van der Waals surface area (Å²) in [4.78, 5) is 25.6. The largest absolute Gasteiger partial charge is 0.416 e. The lowest BCUT2D eigenvalue weighted by atomic mass is 10.0. The molecule has 1 saturated heterocycles.